The molecule has 1 amide bonds. The van der Waals surface area contributed by atoms with Gasteiger partial charge in [-0.1, -0.05) is 11.8 Å². The number of nitrogens with one attached hydrogen (secondary N) is 2. The summed E-state index contributed by atoms with van der Waals surface area (Å²) in [5, 5.41) is 10.3. The summed E-state index contributed by atoms with van der Waals surface area (Å²) in [6.07, 6.45) is 0.707. The molecule has 0 fully saturated rings. The number of carbonyl (C=O) groups excluding carboxylic acids is 2. The smallest absolute Gasteiger partial charge is 0.216 e. The van der Waals surface area contributed by atoms with Crippen molar-refractivity contribution >= 4 is 34.8 Å². The van der Waals surface area contributed by atoms with Gasteiger partial charge in [-0.05, 0) is 30.7 Å². The molecular weight excluding hydrogens is 424 g/mol. The number of H-pyrrole nitrogens is 1. The summed E-state index contributed by atoms with van der Waals surface area (Å²) in [5.41, 5.74) is 0.756. The first-order valence-corrected chi connectivity index (χ1v) is 10.9. The third-order valence-electron chi connectivity index (χ3n) is 4.14. The molecule has 0 aliphatic carbocycles. The summed E-state index contributed by atoms with van der Waals surface area (Å²) in [5.74, 6) is 2.05. The Kier molecular flexibility index (Phi) is 7.47. The van der Waals surface area contributed by atoms with Gasteiger partial charge in [-0.15, -0.1) is 16.4 Å². The lowest BCUT2D eigenvalue weighted by molar-refractivity contribution is -0.118. The second kappa shape index (κ2) is 10.3. The van der Waals surface area contributed by atoms with E-state index in [1.807, 2.05) is 24.3 Å². The van der Waals surface area contributed by atoms with Gasteiger partial charge in [0.15, 0.2) is 11.6 Å². The molecule has 0 atom stereocenters. The monoisotopic (exact) mass is 446 g/mol. The molecule has 8 nitrogen and oxygen atoms in total. The highest BCUT2D eigenvalue weighted by Crippen LogP contribution is 2.32. The summed E-state index contributed by atoms with van der Waals surface area (Å²) >= 11 is 2.72. The predicted octanol–water partition coefficient (Wildman–Crippen LogP) is 3.20. The summed E-state index contributed by atoms with van der Waals surface area (Å²) in [4.78, 5) is 29.6. The van der Waals surface area contributed by atoms with Gasteiger partial charge in [-0.2, -0.15) is 0 Å². The molecule has 0 aliphatic rings. The number of aromatic nitrogens is 3. The van der Waals surface area contributed by atoms with Gasteiger partial charge in [-0.25, -0.2) is 4.98 Å². The number of rotatable bonds is 10. The number of ketones is 1. The van der Waals surface area contributed by atoms with E-state index in [0.29, 0.717) is 40.3 Å². The van der Waals surface area contributed by atoms with Crippen LogP contribution < -0.4 is 14.8 Å². The molecular formula is C20H22N4O4S2. The lowest BCUT2D eigenvalue weighted by Crippen LogP contribution is -2.22. The normalized spacial score (nSPS) is 10.6. The molecule has 3 rings (SSSR count). The summed E-state index contributed by atoms with van der Waals surface area (Å²) in [7, 11) is 3.17. The largest absolute Gasteiger partial charge is 0.497 e. The van der Waals surface area contributed by atoms with Crippen molar-refractivity contribution in [1.29, 1.82) is 0 Å². The fourth-order valence-corrected chi connectivity index (χ4v) is 4.37. The first-order chi connectivity index (χ1) is 14.5. The maximum absolute atomic E-state index is 12.5. The highest BCUT2D eigenvalue weighted by Gasteiger charge is 2.15. The summed E-state index contributed by atoms with van der Waals surface area (Å²) < 4.78 is 10.6. The van der Waals surface area contributed by atoms with E-state index in [1.165, 1.54) is 30.0 Å². The molecule has 0 unspecified atom stereocenters. The standard InChI is InChI=1S/C20H22N4O4S2/c1-12(25)21-9-8-14-5-7-18(30-14)16(26)11-29-20-22-19(23-24-20)15-6-4-13(27-2)10-17(15)28-3/h4-7,10H,8-9,11H2,1-3H3,(H,21,25)(H,22,23,24). The Bertz CT molecular complexity index is 1030. The van der Waals surface area contributed by atoms with Crippen LogP contribution in [0.2, 0.25) is 0 Å². The number of hydrogen-bond acceptors (Lipinski definition) is 8. The minimum absolute atomic E-state index is 0.0177. The molecule has 158 valence electrons. The van der Waals surface area contributed by atoms with E-state index in [4.69, 9.17) is 9.47 Å². The Morgan fingerprint density at radius 3 is 2.77 bits per heavy atom. The van der Waals surface area contributed by atoms with E-state index in [9.17, 15) is 9.59 Å². The van der Waals surface area contributed by atoms with Gasteiger partial charge < -0.3 is 14.8 Å². The van der Waals surface area contributed by atoms with Gasteiger partial charge >= 0.3 is 0 Å². The molecule has 2 aromatic heterocycles. The van der Waals surface area contributed by atoms with Crippen LogP contribution in [0.4, 0.5) is 0 Å². The number of Topliss-reactive ketones (excluding diaryl/α,β-unsaturated/α-hetero) is 1. The van der Waals surface area contributed by atoms with Crippen LogP contribution in [0.25, 0.3) is 11.4 Å². The van der Waals surface area contributed by atoms with Crippen molar-refractivity contribution in [3.8, 4) is 22.9 Å². The van der Waals surface area contributed by atoms with Crippen molar-refractivity contribution in [3.05, 3.63) is 40.1 Å². The molecule has 2 heterocycles. The maximum atomic E-state index is 12.5. The molecule has 0 bridgehead atoms. The average Bonchev–Trinajstić information content (AvgIpc) is 3.41. The van der Waals surface area contributed by atoms with Crippen molar-refractivity contribution < 1.29 is 19.1 Å². The summed E-state index contributed by atoms with van der Waals surface area (Å²) in [6, 6.07) is 9.17. The van der Waals surface area contributed by atoms with Crippen molar-refractivity contribution in [2.75, 3.05) is 26.5 Å². The van der Waals surface area contributed by atoms with Crippen LogP contribution in [0.3, 0.4) is 0 Å². The van der Waals surface area contributed by atoms with Crippen LogP contribution in [0.15, 0.2) is 35.5 Å². The van der Waals surface area contributed by atoms with Crippen molar-refractivity contribution in [1.82, 2.24) is 20.5 Å². The van der Waals surface area contributed by atoms with Crippen LogP contribution in [0.1, 0.15) is 21.5 Å². The number of benzene rings is 1. The highest BCUT2D eigenvalue weighted by atomic mass is 32.2. The quantitative estimate of drug-likeness (QED) is 0.364. The Morgan fingerprint density at radius 1 is 1.20 bits per heavy atom. The fraction of sp³-hybridized carbons (Fsp3) is 0.300. The van der Waals surface area contributed by atoms with Gasteiger partial charge in [0.05, 0.1) is 30.4 Å². The molecule has 0 radical (unpaired) electrons. The minimum atomic E-state index is -0.0580. The van der Waals surface area contributed by atoms with Crippen LogP contribution in [0.5, 0.6) is 11.5 Å². The van der Waals surface area contributed by atoms with Gasteiger partial charge in [0.2, 0.25) is 11.1 Å². The van der Waals surface area contributed by atoms with Crippen molar-refractivity contribution in [3.63, 3.8) is 0 Å². The van der Waals surface area contributed by atoms with E-state index < -0.39 is 0 Å². The van der Waals surface area contributed by atoms with E-state index in [-0.39, 0.29) is 17.4 Å². The van der Waals surface area contributed by atoms with Gasteiger partial charge in [0.25, 0.3) is 0 Å². The first-order valence-electron chi connectivity index (χ1n) is 9.14. The number of aromatic amines is 1. The van der Waals surface area contributed by atoms with Crippen molar-refractivity contribution in [2.45, 2.75) is 18.5 Å². The minimum Gasteiger partial charge on any atom is -0.497 e. The number of nitrogens with zero attached hydrogens (tertiary/aromatic N) is 2. The number of ether oxygens (including phenoxy) is 2. The zero-order valence-corrected chi connectivity index (χ0v) is 18.5. The molecule has 0 aliphatic heterocycles. The molecule has 30 heavy (non-hydrogen) atoms. The lowest BCUT2D eigenvalue weighted by atomic mass is 10.2. The van der Waals surface area contributed by atoms with E-state index >= 15 is 0 Å². The van der Waals surface area contributed by atoms with Gasteiger partial charge in [0, 0.05) is 24.4 Å². The number of thioether (sulfide) groups is 1. The SMILES string of the molecule is COc1ccc(-c2nc(SCC(=O)c3ccc(CCNC(C)=O)s3)n[nH]2)c(OC)c1. The predicted molar refractivity (Wildman–Crippen MR) is 117 cm³/mol. The number of methoxy groups -OCH3 is 2. The van der Waals surface area contributed by atoms with E-state index in [1.54, 1.807) is 20.3 Å². The maximum Gasteiger partial charge on any atom is 0.216 e. The Labute approximate surface area is 182 Å². The Morgan fingerprint density at radius 2 is 2.03 bits per heavy atom. The van der Waals surface area contributed by atoms with Gasteiger partial charge in [0.1, 0.15) is 11.5 Å². The number of amides is 1. The molecule has 10 heteroatoms. The number of carbonyl (C=O) groups is 2. The Hall–Kier alpha value is -2.85. The van der Waals surface area contributed by atoms with Gasteiger partial charge in [-0.3, -0.25) is 14.7 Å². The lowest BCUT2D eigenvalue weighted by Gasteiger charge is -2.07. The summed E-state index contributed by atoms with van der Waals surface area (Å²) in [6.45, 7) is 2.05. The zero-order chi connectivity index (χ0) is 21.5. The first kappa shape index (κ1) is 21.8. The number of hydrogen-bond donors (Lipinski definition) is 2. The molecule has 3 aromatic rings. The van der Waals surface area contributed by atoms with E-state index in [2.05, 4.69) is 20.5 Å². The molecule has 2 N–H and O–H groups in total. The third-order valence-corrected chi connectivity index (χ3v) is 6.18. The van der Waals surface area contributed by atoms with Crippen LogP contribution >= 0.6 is 23.1 Å². The average molecular weight is 447 g/mol. The van der Waals surface area contributed by atoms with Crippen molar-refractivity contribution in [2.24, 2.45) is 0 Å². The van der Waals surface area contributed by atoms with Crippen LogP contribution in [0, 0.1) is 0 Å². The topological polar surface area (TPSA) is 106 Å². The molecule has 0 saturated heterocycles. The Balaban J connectivity index is 1.59. The second-order valence-electron chi connectivity index (χ2n) is 6.24. The third kappa shape index (κ3) is 5.61. The second-order valence-corrected chi connectivity index (χ2v) is 8.35. The molecule has 1 aromatic carbocycles. The molecule has 0 saturated carbocycles. The van der Waals surface area contributed by atoms with Crippen LogP contribution in [-0.2, 0) is 11.2 Å². The fourth-order valence-electron chi connectivity index (χ4n) is 2.65. The zero-order valence-electron chi connectivity index (χ0n) is 16.9. The number of thiophene rings is 1. The van der Waals surface area contributed by atoms with E-state index in [0.717, 1.165) is 10.4 Å². The highest BCUT2D eigenvalue weighted by molar-refractivity contribution is 7.99. The van der Waals surface area contributed by atoms with Crippen LogP contribution in [-0.4, -0.2) is 53.4 Å². The molecule has 0 spiro atoms.